The number of carbonyl (C=O) groups excluding carboxylic acids is 4. The van der Waals surface area contributed by atoms with Crippen LogP contribution in [0.2, 0.25) is 0 Å². The standard InChI is InChI=1S/C21H26N4O4/c22-14-7-2-1-3-8-15(14)23-11-12-5-4-6-13-18(12)21(29)25(20(13)28)16-9-10-17(26)24-19(16)27/h4-6,14-16,23H,1-3,7-11,22H2,(H,24,26,27)/t14-,15+,16?/m1/s1. The van der Waals surface area contributed by atoms with Crippen LogP contribution in [0.3, 0.4) is 0 Å². The van der Waals surface area contributed by atoms with Gasteiger partial charge < -0.3 is 11.1 Å². The van der Waals surface area contributed by atoms with Gasteiger partial charge in [0.25, 0.3) is 11.8 Å². The van der Waals surface area contributed by atoms with Crippen LogP contribution in [0.25, 0.3) is 0 Å². The lowest BCUT2D eigenvalue weighted by Crippen LogP contribution is -2.54. The number of benzene rings is 1. The highest BCUT2D eigenvalue weighted by atomic mass is 16.2. The third-order valence-electron chi connectivity index (χ3n) is 6.18. The van der Waals surface area contributed by atoms with Gasteiger partial charge in [-0.05, 0) is 30.9 Å². The number of piperidine rings is 1. The first-order valence-corrected chi connectivity index (χ1v) is 10.3. The summed E-state index contributed by atoms with van der Waals surface area (Å²) < 4.78 is 0. The van der Waals surface area contributed by atoms with Gasteiger partial charge in [-0.15, -0.1) is 0 Å². The molecule has 0 radical (unpaired) electrons. The van der Waals surface area contributed by atoms with Crippen molar-refractivity contribution in [3.05, 3.63) is 34.9 Å². The number of nitrogens with zero attached hydrogens (tertiary/aromatic N) is 1. The maximum absolute atomic E-state index is 13.1. The molecule has 2 heterocycles. The van der Waals surface area contributed by atoms with Crippen LogP contribution < -0.4 is 16.4 Å². The number of fused-ring (bicyclic) bond motifs is 1. The Morgan fingerprint density at radius 2 is 1.83 bits per heavy atom. The van der Waals surface area contributed by atoms with Gasteiger partial charge in [0, 0.05) is 25.0 Å². The molecular formula is C21H26N4O4. The molecule has 0 bridgehead atoms. The number of imide groups is 2. The molecule has 3 aliphatic rings. The molecule has 0 aromatic heterocycles. The fourth-order valence-corrected chi connectivity index (χ4v) is 4.56. The summed E-state index contributed by atoms with van der Waals surface area (Å²) in [6.45, 7) is 0.434. The van der Waals surface area contributed by atoms with E-state index in [9.17, 15) is 19.2 Å². The van der Waals surface area contributed by atoms with Crippen LogP contribution in [-0.4, -0.2) is 46.7 Å². The molecule has 154 valence electrons. The lowest BCUT2D eigenvalue weighted by atomic mass is 10.0. The first-order chi connectivity index (χ1) is 14.0. The average Bonchev–Trinajstić information content (AvgIpc) is 2.82. The summed E-state index contributed by atoms with van der Waals surface area (Å²) in [5.74, 6) is -1.93. The topological polar surface area (TPSA) is 122 Å². The zero-order chi connectivity index (χ0) is 20.5. The lowest BCUT2D eigenvalue weighted by molar-refractivity contribution is -0.136. The number of hydrogen-bond acceptors (Lipinski definition) is 6. The number of nitrogens with two attached hydrogens (primary N) is 1. The van der Waals surface area contributed by atoms with Crippen molar-refractivity contribution >= 4 is 23.6 Å². The maximum Gasteiger partial charge on any atom is 0.262 e. The Bertz CT molecular complexity index is 868. The van der Waals surface area contributed by atoms with Crippen LogP contribution in [0.15, 0.2) is 18.2 Å². The van der Waals surface area contributed by atoms with Gasteiger partial charge in [-0.25, -0.2) is 0 Å². The van der Waals surface area contributed by atoms with Crippen LogP contribution in [-0.2, 0) is 16.1 Å². The summed E-state index contributed by atoms with van der Waals surface area (Å²) in [6.07, 6.45) is 5.67. The molecule has 0 spiro atoms. The molecule has 3 atom stereocenters. The van der Waals surface area contributed by atoms with Gasteiger partial charge in [-0.3, -0.25) is 29.4 Å². The number of carbonyl (C=O) groups is 4. The molecule has 4 N–H and O–H groups in total. The molecule has 1 aromatic carbocycles. The lowest BCUT2D eigenvalue weighted by Gasteiger charge is -2.28. The van der Waals surface area contributed by atoms with E-state index in [-0.39, 0.29) is 30.8 Å². The largest absolute Gasteiger partial charge is 0.326 e. The minimum Gasteiger partial charge on any atom is -0.326 e. The Labute approximate surface area is 169 Å². The minimum atomic E-state index is -0.948. The zero-order valence-electron chi connectivity index (χ0n) is 16.3. The van der Waals surface area contributed by atoms with Crippen LogP contribution in [0, 0.1) is 0 Å². The summed E-state index contributed by atoms with van der Waals surface area (Å²) >= 11 is 0. The SMILES string of the molecule is N[C@@H]1CCCCC[C@@H]1NCc1cccc2c1C(=O)N(C1CCC(=O)NC1=O)C2=O. The zero-order valence-corrected chi connectivity index (χ0v) is 16.3. The molecule has 29 heavy (non-hydrogen) atoms. The van der Waals surface area contributed by atoms with Crippen molar-refractivity contribution in [1.82, 2.24) is 15.5 Å². The van der Waals surface area contributed by atoms with E-state index in [0.29, 0.717) is 17.7 Å². The Hall–Kier alpha value is -2.58. The highest BCUT2D eigenvalue weighted by Gasteiger charge is 2.45. The van der Waals surface area contributed by atoms with E-state index in [0.717, 1.165) is 36.1 Å². The van der Waals surface area contributed by atoms with Gasteiger partial charge in [0.05, 0.1) is 11.1 Å². The van der Waals surface area contributed by atoms with E-state index in [1.807, 2.05) is 6.07 Å². The molecule has 4 rings (SSSR count). The average molecular weight is 398 g/mol. The molecule has 8 nitrogen and oxygen atoms in total. The molecule has 1 saturated carbocycles. The quantitative estimate of drug-likeness (QED) is 0.510. The number of nitrogens with one attached hydrogen (secondary N) is 2. The molecular weight excluding hydrogens is 372 g/mol. The van der Waals surface area contributed by atoms with E-state index in [4.69, 9.17) is 5.73 Å². The second kappa shape index (κ2) is 8.04. The van der Waals surface area contributed by atoms with Crippen LogP contribution in [0.5, 0.6) is 0 Å². The van der Waals surface area contributed by atoms with Crippen molar-refractivity contribution in [2.75, 3.05) is 0 Å². The van der Waals surface area contributed by atoms with Crippen molar-refractivity contribution in [1.29, 1.82) is 0 Å². The second-order valence-corrected chi connectivity index (χ2v) is 8.08. The number of hydrogen-bond donors (Lipinski definition) is 3. The maximum atomic E-state index is 13.1. The molecule has 1 unspecified atom stereocenters. The molecule has 2 aliphatic heterocycles. The van der Waals surface area contributed by atoms with Gasteiger partial charge in [0.15, 0.2) is 0 Å². The first-order valence-electron chi connectivity index (χ1n) is 10.3. The second-order valence-electron chi connectivity index (χ2n) is 8.08. The molecule has 1 saturated heterocycles. The van der Waals surface area contributed by atoms with Crippen molar-refractivity contribution < 1.29 is 19.2 Å². The summed E-state index contributed by atoms with van der Waals surface area (Å²) in [4.78, 5) is 50.6. The molecule has 2 fully saturated rings. The van der Waals surface area contributed by atoms with Gasteiger partial charge in [-0.2, -0.15) is 0 Å². The summed E-state index contributed by atoms with van der Waals surface area (Å²) in [7, 11) is 0. The van der Waals surface area contributed by atoms with E-state index in [1.54, 1.807) is 12.1 Å². The Balaban J connectivity index is 1.55. The highest BCUT2D eigenvalue weighted by Crippen LogP contribution is 2.30. The van der Waals surface area contributed by atoms with E-state index < -0.39 is 23.8 Å². The summed E-state index contributed by atoms with van der Waals surface area (Å²) in [6, 6.07) is 4.49. The van der Waals surface area contributed by atoms with Gasteiger partial charge in [-0.1, -0.05) is 31.4 Å². The predicted octanol–water partition coefficient (Wildman–Crippen LogP) is 0.837. The van der Waals surface area contributed by atoms with Crippen LogP contribution >= 0.6 is 0 Å². The van der Waals surface area contributed by atoms with Crippen molar-refractivity contribution in [3.8, 4) is 0 Å². The van der Waals surface area contributed by atoms with E-state index in [2.05, 4.69) is 10.6 Å². The molecule has 1 aliphatic carbocycles. The Morgan fingerprint density at radius 3 is 2.62 bits per heavy atom. The molecule has 1 aromatic rings. The van der Waals surface area contributed by atoms with Crippen LogP contribution in [0.1, 0.15) is 71.2 Å². The summed E-state index contributed by atoms with van der Waals surface area (Å²) in [5.41, 5.74) is 7.67. The van der Waals surface area contributed by atoms with Crippen molar-refractivity contribution in [2.45, 2.75) is 69.6 Å². The predicted molar refractivity (Wildman–Crippen MR) is 105 cm³/mol. The van der Waals surface area contributed by atoms with Crippen molar-refractivity contribution in [3.63, 3.8) is 0 Å². The first kappa shape index (κ1) is 19.7. The smallest absolute Gasteiger partial charge is 0.262 e. The fourth-order valence-electron chi connectivity index (χ4n) is 4.56. The molecule has 8 heteroatoms. The van der Waals surface area contributed by atoms with Crippen LogP contribution in [0.4, 0.5) is 0 Å². The monoisotopic (exact) mass is 398 g/mol. The minimum absolute atomic E-state index is 0.0755. The van der Waals surface area contributed by atoms with E-state index >= 15 is 0 Å². The summed E-state index contributed by atoms with van der Waals surface area (Å²) in [5, 5.41) is 5.69. The number of rotatable bonds is 4. The molecule has 4 amide bonds. The highest BCUT2D eigenvalue weighted by molar-refractivity contribution is 6.24. The third-order valence-corrected chi connectivity index (χ3v) is 6.18. The van der Waals surface area contributed by atoms with Gasteiger partial charge in [0.2, 0.25) is 11.8 Å². The Morgan fingerprint density at radius 1 is 1.03 bits per heavy atom. The fraction of sp³-hybridized carbons (Fsp3) is 0.524. The number of amides is 4. The van der Waals surface area contributed by atoms with E-state index in [1.165, 1.54) is 6.42 Å². The normalized spacial score (nSPS) is 27.6. The Kier molecular flexibility index (Phi) is 5.47. The third kappa shape index (κ3) is 3.70. The van der Waals surface area contributed by atoms with Gasteiger partial charge >= 0.3 is 0 Å². The van der Waals surface area contributed by atoms with Gasteiger partial charge in [0.1, 0.15) is 6.04 Å². The van der Waals surface area contributed by atoms with Crippen molar-refractivity contribution in [2.24, 2.45) is 5.73 Å².